The van der Waals surface area contributed by atoms with E-state index < -0.39 is 10.0 Å². The standard InChI is InChI=1S/C15H19NO4S/c1-3-19-14-6-8-15(9-7-14)21(17,18)16(2)11-10-13-5-4-12-20-13/h4-9,12H,3,10-11H2,1-2H3. The molecule has 0 aliphatic carbocycles. The van der Waals surface area contributed by atoms with Gasteiger partial charge in [-0.15, -0.1) is 0 Å². The minimum atomic E-state index is -3.49. The Bertz CT molecular complexity index is 647. The van der Waals surface area contributed by atoms with E-state index >= 15 is 0 Å². The molecule has 2 rings (SSSR count). The Kier molecular flexibility index (Phi) is 5.03. The molecule has 0 amide bonds. The van der Waals surface area contributed by atoms with Crippen molar-refractivity contribution in [2.75, 3.05) is 20.2 Å². The van der Waals surface area contributed by atoms with Crippen LogP contribution < -0.4 is 4.74 Å². The van der Waals surface area contributed by atoms with Crippen LogP contribution in [0.2, 0.25) is 0 Å². The first-order valence-electron chi connectivity index (χ1n) is 6.75. The third-order valence-electron chi connectivity index (χ3n) is 3.10. The zero-order valence-corrected chi connectivity index (χ0v) is 13.0. The van der Waals surface area contributed by atoms with Gasteiger partial charge in [0.15, 0.2) is 0 Å². The van der Waals surface area contributed by atoms with Crippen molar-refractivity contribution in [3.8, 4) is 5.75 Å². The van der Waals surface area contributed by atoms with Crippen LogP contribution in [0.5, 0.6) is 5.75 Å². The molecule has 0 N–H and O–H groups in total. The molecular weight excluding hydrogens is 290 g/mol. The molecule has 6 heteroatoms. The predicted octanol–water partition coefficient (Wildman–Crippen LogP) is 2.54. The van der Waals surface area contributed by atoms with E-state index in [0.29, 0.717) is 25.3 Å². The Hall–Kier alpha value is -1.79. The SMILES string of the molecule is CCOc1ccc(S(=O)(=O)N(C)CCc2ccco2)cc1. The first-order valence-corrected chi connectivity index (χ1v) is 8.19. The van der Waals surface area contributed by atoms with Crippen LogP contribution >= 0.6 is 0 Å². The van der Waals surface area contributed by atoms with Gasteiger partial charge >= 0.3 is 0 Å². The molecule has 1 aromatic heterocycles. The summed E-state index contributed by atoms with van der Waals surface area (Å²) in [6.07, 6.45) is 2.12. The van der Waals surface area contributed by atoms with Gasteiger partial charge in [-0.3, -0.25) is 0 Å². The highest BCUT2D eigenvalue weighted by Crippen LogP contribution is 2.19. The number of hydrogen-bond acceptors (Lipinski definition) is 4. The number of nitrogens with zero attached hydrogens (tertiary/aromatic N) is 1. The lowest BCUT2D eigenvalue weighted by molar-refractivity contribution is 0.340. The number of sulfonamides is 1. The number of rotatable bonds is 7. The summed E-state index contributed by atoms with van der Waals surface area (Å²) < 4.78 is 36.7. The average Bonchev–Trinajstić information content (AvgIpc) is 2.99. The van der Waals surface area contributed by atoms with Gasteiger partial charge in [0.25, 0.3) is 0 Å². The number of likely N-dealkylation sites (N-methyl/N-ethyl adjacent to an activating group) is 1. The van der Waals surface area contributed by atoms with E-state index in [1.54, 1.807) is 43.6 Å². The summed E-state index contributed by atoms with van der Waals surface area (Å²) in [6.45, 7) is 2.80. The average molecular weight is 309 g/mol. The van der Waals surface area contributed by atoms with Crippen molar-refractivity contribution in [3.05, 3.63) is 48.4 Å². The monoisotopic (exact) mass is 309 g/mol. The van der Waals surface area contributed by atoms with Crippen molar-refractivity contribution < 1.29 is 17.6 Å². The second-order valence-electron chi connectivity index (χ2n) is 4.56. The zero-order valence-electron chi connectivity index (χ0n) is 12.2. The highest BCUT2D eigenvalue weighted by molar-refractivity contribution is 7.89. The van der Waals surface area contributed by atoms with Crippen LogP contribution in [0.1, 0.15) is 12.7 Å². The molecule has 0 atom stereocenters. The van der Waals surface area contributed by atoms with Gasteiger partial charge in [0, 0.05) is 20.0 Å². The smallest absolute Gasteiger partial charge is 0.242 e. The predicted molar refractivity (Wildman–Crippen MR) is 79.8 cm³/mol. The van der Waals surface area contributed by atoms with Crippen LogP contribution in [0.3, 0.4) is 0 Å². The summed E-state index contributed by atoms with van der Waals surface area (Å²) in [5.41, 5.74) is 0. The van der Waals surface area contributed by atoms with Crippen LogP contribution in [-0.2, 0) is 16.4 Å². The van der Waals surface area contributed by atoms with Crippen LogP contribution in [-0.4, -0.2) is 32.9 Å². The van der Waals surface area contributed by atoms with Crippen molar-refractivity contribution in [1.29, 1.82) is 0 Å². The first kappa shape index (κ1) is 15.6. The molecule has 114 valence electrons. The molecule has 0 aliphatic rings. The van der Waals surface area contributed by atoms with Gasteiger partial charge in [0.1, 0.15) is 11.5 Å². The maximum Gasteiger partial charge on any atom is 0.242 e. The van der Waals surface area contributed by atoms with Gasteiger partial charge in [-0.05, 0) is 43.3 Å². The Morgan fingerprint density at radius 1 is 1.19 bits per heavy atom. The first-order chi connectivity index (χ1) is 10.0. The van der Waals surface area contributed by atoms with E-state index in [1.807, 2.05) is 13.0 Å². The number of benzene rings is 1. The van der Waals surface area contributed by atoms with Crippen molar-refractivity contribution in [1.82, 2.24) is 4.31 Å². The van der Waals surface area contributed by atoms with Crippen molar-refractivity contribution in [3.63, 3.8) is 0 Å². The van der Waals surface area contributed by atoms with Crippen LogP contribution in [0.25, 0.3) is 0 Å². The lowest BCUT2D eigenvalue weighted by Crippen LogP contribution is -2.28. The second-order valence-corrected chi connectivity index (χ2v) is 6.61. The van der Waals surface area contributed by atoms with Gasteiger partial charge in [0.2, 0.25) is 10.0 Å². The minimum Gasteiger partial charge on any atom is -0.494 e. The Labute approximate surface area is 125 Å². The fraction of sp³-hybridized carbons (Fsp3) is 0.333. The molecule has 0 spiro atoms. The van der Waals surface area contributed by atoms with Crippen LogP contribution in [0.15, 0.2) is 52.0 Å². The fourth-order valence-electron chi connectivity index (χ4n) is 1.90. The quantitative estimate of drug-likeness (QED) is 0.788. The van der Waals surface area contributed by atoms with Crippen LogP contribution in [0, 0.1) is 0 Å². The van der Waals surface area contributed by atoms with Crippen molar-refractivity contribution >= 4 is 10.0 Å². The molecule has 2 aromatic rings. The molecule has 0 saturated heterocycles. The largest absolute Gasteiger partial charge is 0.494 e. The van der Waals surface area contributed by atoms with E-state index in [1.165, 1.54) is 4.31 Å². The van der Waals surface area contributed by atoms with Gasteiger partial charge < -0.3 is 9.15 Å². The third kappa shape index (κ3) is 3.86. The van der Waals surface area contributed by atoms with Gasteiger partial charge in [0.05, 0.1) is 17.8 Å². The lowest BCUT2D eigenvalue weighted by atomic mass is 10.3. The number of hydrogen-bond donors (Lipinski definition) is 0. The highest BCUT2D eigenvalue weighted by Gasteiger charge is 2.20. The van der Waals surface area contributed by atoms with Crippen LogP contribution in [0.4, 0.5) is 0 Å². The van der Waals surface area contributed by atoms with E-state index in [9.17, 15) is 8.42 Å². The molecular formula is C15H19NO4S. The van der Waals surface area contributed by atoms with Gasteiger partial charge in [-0.1, -0.05) is 0 Å². The summed E-state index contributed by atoms with van der Waals surface area (Å²) in [5.74, 6) is 1.43. The molecule has 0 fully saturated rings. The zero-order chi connectivity index (χ0) is 15.3. The molecule has 0 bridgehead atoms. The summed E-state index contributed by atoms with van der Waals surface area (Å²) in [5, 5.41) is 0. The topological polar surface area (TPSA) is 59.8 Å². The second kappa shape index (κ2) is 6.78. The van der Waals surface area contributed by atoms with Crippen molar-refractivity contribution in [2.45, 2.75) is 18.2 Å². The van der Waals surface area contributed by atoms with E-state index in [0.717, 1.165) is 5.76 Å². The minimum absolute atomic E-state index is 0.257. The normalized spacial score (nSPS) is 11.8. The Balaban J connectivity index is 2.05. The highest BCUT2D eigenvalue weighted by atomic mass is 32.2. The number of ether oxygens (including phenoxy) is 1. The summed E-state index contributed by atoms with van der Waals surface area (Å²) in [4.78, 5) is 0.257. The molecule has 5 nitrogen and oxygen atoms in total. The number of furan rings is 1. The molecule has 21 heavy (non-hydrogen) atoms. The van der Waals surface area contributed by atoms with E-state index in [4.69, 9.17) is 9.15 Å². The molecule has 0 unspecified atom stereocenters. The maximum atomic E-state index is 12.4. The summed E-state index contributed by atoms with van der Waals surface area (Å²) >= 11 is 0. The molecule has 1 aromatic carbocycles. The van der Waals surface area contributed by atoms with Gasteiger partial charge in [-0.25, -0.2) is 12.7 Å². The van der Waals surface area contributed by atoms with E-state index in [-0.39, 0.29) is 4.90 Å². The van der Waals surface area contributed by atoms with E-state index in [2.05, 4.69) is 0 Å². The van der Waals surface area contributed by atoms with Crippen molar-refractivity contribution in [2.24, 2.45) is 0 Å². The molecule has 0 aliphatic heterocycles. The molecule has 0 radical (unpaired) electrons. The van der Waals surface area contributed by atoms with Gasteiger partial charge in [-0.2, -0.15) is 0 Å². The molecule has 1 heterocycles. The lowest BCUT2D eigenvalue weighted by Gasteiger charge is -2.16. The fourth-order valence-corrected chi connectivity index (χ4v) is 3.07. The maximum absolute atomic E-state index is 12.4. The summed E-state index contributed by atoms with van der Waals surface area (Å²) in [6, 6.07) is 10.1. The third-order valence-corrected chi connectivity index (χ3v) is 4.97. The summed E-state index contributed by atoms with van der Waals surface area (Å²) in [7, 11) is -1.92. The Morgan fingerprint density at radius 3 is 2.48 bits per heavy atom. The Morgan fingerprint density at radius 2 is 1.90 bits per heavy atom. The molecule has 0 saturated carbocycles.